The van der Waals surface area contributed by atoms with Crippen LogP contribution >= 0.6 is 24.8 Å². The number of halogens is 2. The van der Waals surface area contributed by atoms with Crippen molar-refractivity contribution in [2.24, 2.45) is 11.8 Å². The molecule has 0 radical (unpaired) electrons. The maximum Gasteiger partial charge on any atom is 0.0364 e. The molecule has 2 aliphatic rings. The first-order valence-electron chi connectivity index (χ1n) is 5.44. The highest BCUT2D eigenvalue weighted by Crippen LogP contribution is 2.35. The lowest BCUT2D eigenvalue weighted by atomic mass is 9.90. The summed E-state index contributed by atoms with van der Waals surface area (Å²) in [4.78, 5) is 0. The SMILES string of the molecule is Cl.Cl.c1ccc([C@@H]2NC[C@@H]3CNC[C@@H]32)cc1. The third kappa shape index (κ3) is 2.35. The Balaban J connectivity index is 0.000000640. The second kappa shape index (κ2) is 5.87. The van der Waals surface area contributed by atoms with Gasteiger partial charge in [0.05, 0.1) is 0 Å². The van der Waals surface area contributed by atoms with Gasteiger partial charge in [-0.1, -0.05) is 30.3 Å². The molecule has 2 fully saturated rings. The van der Waals surface area contributed by atoms with Crippen molar-refractivity contribution in [3.63, 3.8) is 0 Å². The van der Waals surface area contributed by atoms with Gasteiger partial charge in [0.25, 0.3) is 0 Å². The van der Waals surface area contributed by atoms with E-state index >= 15 is 0 Å². The van der Waals surface area contributed by atoms with Gasteiger partial charge in [0, 0.05) is 19.1 Å². The van der Waals surface area contributed by atoms with E-state index in [4.69, 9.17) is 0 Å². The van der Waals surface area contributed by atoms with Crippen molar-refractivity contribution in [3.8, 4) is 0 Å². The van der Waals surface area contributed by atoms with Crippen molar-refractivity contribution in [2.45, 2.75) is 6.04 Å². The van der Waals surface area contributed by atoms with Crippen molar-refractivity contribution in [1.29, 1.82) is 0 Å². The Morgan fingerprint density at radius 1 is 0.938 bits per heavy atom. The van der Waals surface area contributed by atoms with E-state index in [-0.39, 0.29) is 24.8 Å². The highest BCUT2D eigenvalue weighted by atomic mass is 35.5. The largest absolute Gasteiger partial charge is 0.316 e. The highest BCUT2D eigenvalue weighted by Gasteiger charge is 2.39. The topological polar surface area (TPSA) is 24.1 Å². The van der Waals surface area contributed by atoms with Crippen LogP contribution in [0, 0.1) is 11.8 Å². The van der Waals surface area contributed by atoms with E-state index in [2.05, 4.69) is 41.0 Å². The van der Waals surface area contributed by atoms with Crippen molar-refractivity contribution in [2.75, 3.05) is 19.6 Å². The summed E-state index contributed by atoms with van der Waals surface area (Å²) in [6, 6.07) is 11.4. The number of rotatable bonds is 1. The van der Waals surface area contributed by atoms with Crippen molar-refractivity contribution >= 4 is 24.8 Å². The molecule has 2 nitrogen and oxygen atoms in total. The molecule has 90 valence electrons. The highest BCUT2D eigenvalue weighted by molar-refractivity contribution is 5.85. The van der Waals surface area contributed by atoms with Gasteiger partial charge in [0.1, 0.15) is 0 Å². The molecule has 1 aromatic rings. The minimum absolute atomic E-state index is 0. The molecule has 3 rings (SSSR count). The molecule has 0 spiro atoms. The third-order valence-corrected chi connectivity index (χ3v) is 3.58. The van der Waals surface area contributed by atoms with Gasteiger partial charge in [-0.2, -0.15) is 0 Å². The van der Waals surface area contributed by atoms with Crippen LogP contribution in [0.1, 0.15) is 11.6 Å². The average Bonchev–Trinajstić information content (AvgIpc) is 2.79. The van der Waals surface area contributed by atoms with Crippen LogP contribution in [0.15, 0.2) is 30.3 Å². The number of fused-ring (bicyclic) bond motifs is 1. The summed E-state index contributed by atoms with van der Waals surface area (Å²) in [6.45, 7) is 3.55. The lowest BCUT2D eigenvalue weighted by Gasteiger charge is -2.17. The summed E-state index contributed by atoms with van der Waals surface area (Å²) in [5.74, 6) is 1.65. The van der Waals surface area contributed by atoms with Crippen molar-refractivity contribution < 1.29 is 0 Å². The van der Waals surface area contributed by atoms with Gasteiger partial charge in [-0.3, -0.25) is 0 Å². The van der Waals surface area contributed by atoms with Crippen LogP contribution in [0.25, 0.3) is 0 Å². The molecule has 0 unspecified atom stereocenters. The van der Waals surface area contributed by atoms with E-state index < -0.39 is 0 Å². The summed E-state index contributed by atoms with van der Waals surface area (Å²) in [6.07, 6.45) is 0. The second-order valence-corrected chi connectivity index (χ2v) is 4.38. The predicted molar refractivity (Wildman–Crippen MR) is 71.5 cm³/mol. The molecule has 2 N–H and O–H groups in total. The first-order chi connectivity index (χ1) is 6.95. The molecule has 0 bridgehead atoms. The van der Waals surface area contributed by atoms with Gasteiger partial charge >= 0.3 is 0 Å². The maximum absolute atomic E-state index is 3.63. The Bertz CT molecular complexity index is 318. The molecule has 0 amide bonds. The predicted octanol–water partition coefficient (Wildman–Crippen LogP) is 2.01. The van der Waals surface area contributed by atoms with E-state index in [1.54, 1.807) is 0 Å². The van der Waals surface area contributed by atoms with Gasteiger partial charge in [0.15, 0.2) is 0 Å². The minimum Gasteiger partial charge on any atom is -0.316 e. The number of nitrogens with one attached hydrogen (secondary N) is 2. The smallest absolute Gasteiger partial charge is 0.0364 e. The van der Waals surface area contributed by atoms with Crippen LogP contribution in [0.5, 0.6) is 0 Å². The van der Waals surface area contributed by atoms with Crippen LogP contribution in [0.4, 0.5) is 0 Å². The normalized spacial score (nSPS) is 31.4. The Morgan fingerprint density at radius 2 is 1.69 bits per heavy atom. The summed E-state index contributed by atoms with van der Waals surface area (Å²) < 4.78 is 0. The Labute approximate surface area is 109 Å². The Morgan fingerprint density at radius 3 is 2.44 bits per heavy atom. The lowest BCUT2D eigenvalue weighted by Crippen LogP contribution is -2.23. The molecule has 2 aliphatic heterocycles. The van der Waals surface area contributed by atoms with Crippen LogP contribution < -0.4 is 10.6 Å². The van der Waals surface area contributed by atoms with Gasteiger partial charge in [0.2, 0.25) is 0 Å². The maximum atomic E-state index is 3.63. The number of benzene rings is 1. The standard InChI is InChI=1S/C12H16N2.2ClH/c1-2-4-9(5-3-1)12-11-8-13-6-10(11)7-14-12;;/h1-5,10-14H,6-8H2;2*1H/t10-,11-,12-;;/m0../s1. The summed E-state index contributed by atoms with van der Waals surface area (Å²) >= 11 is 0. The van der Waals surface area contributed by atoms with E-state index in [0.717, 1.165) is 11.8 Å². The van der Waals surface area contributed by atoms with E-state index in [1.165, 1.54) is 25.2 Å². The van der Waals surface area contributed by atoms with Crippen LogP contribution in [-0.2, 0) is 0 Å². The molecule has 3 atom stereocenters. The minimum atomic E-state index is 0. The summed E-state index contributed by atoms with van der Waals surface area (Å²) in [5.41, 5.74) is 1.45. The zero-order valence-electron chi connectivity index (χ0n) is 9.06. The lowest BCUT2D eigenvalue weighted by molar-refractivity contribution is 0.450. The van der Waals surface area contributed by atoms with Crippen molar-refractivity contribution in [1.82, 2.24) is 10.6 Å². The van der Waals surface area contributed by atoms with Gasteiger partial charge in [-0.25, -0.2) is 0 Å². The molecule has 4 heteroatoms. The average molecular weight is 261 g/mol. The van der Waals surface area contributed by atoms with Crippen molar-refractivity contribution in [3.05, 3.63) is 35.9 Å². The second-order valence-electron chi connectivity index (χ2n) is 4.38. The monoisotopic (exact) mass is 260 g/mol. The molecule has 2 heterocycles. The molecule has 1 aromatic carbocycles. The molecular formula is C12H18Cl2N2. The third-order valence-electron chi connectivity index (χ3n) is 3.58. The number of hydrogen-bond acceptors (Lipinski definition) is 2. The molecule has 0 aromatic heterocycles. The van der Waals surface area contributed by atoms with Gasteiger partial charge in [-0.15, -0.1) is 24.8 Å². The Hall–Kier alpha value is -0.280. The fourth-order valence-electron chi connectivity index (χ4n) is 2.82. The molecule has 0 aliphatic carbocycles. The Kier molecular flexibility index (Phi) is 5.06. The zero-order valence-corrected chi connectivity index (χ0v) is 10.7. The van der Waals surface area contributed by atoms with Crippen LogP contribution in [0.2, 0.25) is 0 Å². The molecule has 0 saturated carbocycles. The molecule has 16 heavy (non-hydrogen) atoms. The molecular weight excluding hydrogens is 243 g/mol. The summed E-state index contributed by atoms with van der Waals surface area (Å²) in [7, 11) is 0. The van der Waals surface area contributed by atoms with Crippen LogP contribution in [0.3, 0.4) is 0 Å². The van der Waals surface area contributed by atoms with E-state index in [0.29, 0.717) is 6.04 Å². The summed E-state index contributed by atoms with van der Waals surface area (Å²) in [5, 5.41) is 7.12. The van der Waals surface area contributed by atoms with Gasteiger partial charge in [-0.05, 0) is 23.9 Å². The number of hydrogen-bond donors (Lipinski definition) is 2. The first kappa shape index (κ1) is 13.8. The fourth-order valence-corrected chi connectivity index (χ4v) is 2.82. The molecule has 2 saturated heterocycles. The fraction of sp³-hybridized carbons (Fsp3) is 0.500. The van der Waals surface area contributed by atoms with Gasteiger partial charge < -0.3 is 10.6 Å². The zero-order chi connectivity index (χ0) is 9.38. The first-order valence-corrected chi connectivity index (χ1v) is 5.44. The quantitative estimate of drug-likeness (QED) is 0.808. The van der Waals surface area contributed by atoms with E-state index in [1.807, 2.05) is 0 Å². The van der Waals surface area contributed by atoms with Crippen LogP contribution in [-0.4, -0.2) is 19.6 Å². The van der Waals surface area contributed by atoms with E-state index in [9.17, 15) is 0 Å².